The van der Waals surface area contributed by atoms with E-state index in [2.05, 4.69) is 9.69 Å². The number of halogens is 1. The lowest BCUT2D eigenvalue weighted by molar-refractivity contribution is -0.117. The van der Waals surface area contributed by atoms with Gasteiger partial charge in [-0.25, -0.2) is 0 Å². The van der Waals surface area contributed by atoms with Crippen molar-refractivity contribution < 1.29 is 4.79 Å². The van der Waals surface area contributed by atoms with Crippen molar-refractivity contribution >= 4 is 39.7 Å². The van der Waals surface area contributed by atoms with Crippen LogP contribution >= 0.6 is 23.1 Å². The van der Waals surface area contributed by atoms with E-state index in [1.54, 1.807) is 4.90 Å². The molecule has 0 bridgehead atoms. The van der Waals surface area contributed by atoms with Crippen LogP contribution in [0.3, 0.4) is 0 Å². The van der Waals surface area contributed by atoms with Crippen molar-refractivity contribution in [1.82, 2.24) is 4.37 Å². The van der Waals surface area contributed by atoms with E-state index in [9.17, 15) is 4.79 Å². The van der Waals surface area contributed by atoms with Crippen LogP contribution in [0.25, 0.3) is 0 Å². The van der Waals surface area contributed by atoms with Crippen LogP contribution in [-0.2, 0) is 4.79 Å². The molecule has 1 aliphatic rings. The molecule has 3 rings (SSSR count). The Balaban J connectivity index is 1.77. The molecule has 5 nitrogen and oxygen atoms in total. The monoisotopic (exact) mass is 318 g/mol. The lowest BCUT2D eigenvalue weighted by Gasteiger charge is -2.17. The van der Waals surface area contributed by atoms with E-state index in [4.69, 9.17) is 16.9 Å². The van der Waals surface area contributed by atoms with Crippen LogP contribution in [0.15, 0.2) is 30.3 Å². The molecule has 106 valence electrons. The second-order valence-electron chi connectivity index (χ2n) is 4.60. The molecule has 21 heavy (non-hydrogen) atoms. The molecular weight excluding hydrogens is 308 g/mol. The van der Waals surface area contributed by atoms with Crippen molar-refractivity contribution in [2.24, 2.45) is 0 Å². The van der Waals surface area contributed by atoms with Crippen molar-refractivity contribution in [2.45, 2.75) is 12.5 Å². The first-order valence-electron chi connectivity index (χ1n) is 6.39. The third-order valence-corrected chi connectivity index (χ3v) is 4.49. The van der Waals surface area contributed by atoms with Crippen LogP contribution in [-0.4, -0.2) is 22.9 Å². The lowest BCUT2D eigenvalue weighted by Crippen LogP contribution is -2.33. The molecule has 1 unspecified atom stereocenters. The Morgan fingerprint density at radius 3 is 2.90 bits per heavy atom. The van der Waals surface area contributed by atoms with Crippen LogP contribution in [0.2, 0.25) is 5.15 Å². The average molecular weight is 319 g/mol. The minimum absolute atomic E-state index is 0.00499. The molecule has 1 aromatic carbocycles. The van der Waals surface area contributed by atoms with Gasteiger partial charge in [0.25, 0.3) is 0 Å². The molecule has 1 fully saturated rings. The maximum absolute atomic E-state index is 12.4. The van der Waals surface area contributed by atoms with E-state index in [1.807, 2.05) is 36.4 Å². The highest BCUT2D eigenvalue weighted by atomic mass is 35.5. The number of nitrogens with zero attached hydrogens (tertiary/aromatic N) is 3. The van der Waals surface area contributed by atoms with E-state index in [0.717, 1.165) is 17.2 Å². The van der Waals surface area contributed by atoms with Gasteiger partial charge in [-0.05, 0) is 30.1 Å². The fraction of sp³-hybridized carbons (Fsp3) is 0.214. The number of benzene rings is 1. The molecule has 7 heteroatoms. The van der Waals surface area contributed by atoms with E-state index in [0.29, 0.717) is 23.5 Å². The fourth-order valence-electron chi connectivity index (χ4n) is 2.30. The van der Waals surface area contributed by atoms with Gasteiger partial charge in [-0.3, -0.25) is 4.79 Å². The minimum atomic E-state index is -0.353. The summed E-state index contributed by atoms with van der Waals surface area (Å²) in [5.74, 6) is -0.00499. The molecule has 0 saturated carbocycles. The van der Waals surface area contributed by atoms with Crippen LogP contribution in [0.1, 0.15) is 12.0 Å². The zero-order chi connectivity index (χ0) is 14.8. The summed E-state index contributed by atoms with van der Waals surface area (Å²) in [7, 11) is 0. The van der Waals surface area contributed by atoms with Gasteiger partial charge >= 0.3 is 0 Å². The number of rotatable bonds is 3. The number of aromatic nitrogens is 1. The quantitative estimate of drug-likeness (QED) is 0.944. The first-order valence-corrected chi connectivity index (χ1v) is 7.54. The molecule has 1 atom stereocenters. The molecule has 1 aliphatic heterocycles. The van der Waals surface area contributed by atoms with Gasteiger partial charge < -0.3 is 10.2 Å². The summed E-state index contributed by atoms with van der Waals surface area (Å²) in [5, 5.41) is 12.9. The summed E-state index contributed by atoms with van der Waals surface area (Å²) in [6, 6.07) is 11.2. The Hall–Kier alpha value is -2.10. The maximum atomic E-state index is 12.4. The van der Waals surface area contributed by atoms with Crippen LogP contribution in [0.5, 0.6) is 0 Å². The van der Waals surface area contributed by atoms with Crippen LogP contribution in [0.4, 0.5) is 10.7 Å². The summed E-state index contributed by atoms with van der Waals surface area (Å²) in [5.41, 5.74) is 1.18. The molecule has 0 aliphatic carbocycles. The van der Waals surface area contributed by atoms with Crippen molar-refractivity contribution in [3.05, 3.63) is 41.0 Å². The number of para-hydroxylation sites is 1. The molecule has 1 amide bonds. The summed E-state index contributed by atoms with van der Waals surface area (Å²) in [6.45, 7) is 0.648. The number of nitrogens with one attached hydrogen (secondary N) is 1. The minimum Gasteiger partial charge on any atom is -0.363 e. The highest BCUT2D eigenvalue weighted by molar-refractivity contribution is 7.10. The molecule has 1 N–H and O–H groups in total. The Bertz CT molecular complexity index is 710. The number of amides is 1. The van der Waals surface area contributed by atoms with Gasteiger partial charge in [0.15, 0.2) is 5.15 Å². The molecule has 0 spiro atoms. The molecule has 2 aromatic rings. The van der Waals surface area contributed by atoms with Crippen molar-refractivity contribution in [3.63, 3.8) is 0 Å². The Labute approximate surface area is 130 Å². The number of carbonyl (C=O) groups is 1. The maximum Gasteiger partial charge on any atom is 0.249 e. The Morgan fingerprint density at radius 2 is 2.19 bits per heavy atom. The van der Waals surface area contributed by atoms with Gasteiger partial charge in [-0.15, -0.1) is 0 Å². The number of hydrogen-bond donors (Lipinski definition) is 1. The van der Waals surface area contributed by atoms with Crippen LogP contribution in [0, 0.1) is 11.3 Å². The van der Waals surface area contributed by atoms with Gasteiger partial charge in [-0.2, -0.15) is 9.64 Å². The third kappa shape index (κ3) is 2.58. The van der Waals surface area contributed by atoms with Gasteiger partial charge in [0, 0.05) is 12.2 Å². The summed E-state index contributed by atoms with van der Waals surface area (Å²) >= 11 is 6.93. The Morgan fingerprint density at radius 1 is 1.43 bits per heavy atom. The van der Waals surface area contributed by atoms with E-state index >= 15 is 0 Å². The predicted molar refractivity (Wildman–Crippen MR) is 82.7 cm³/mol. The highest BCUT2D eigenvalue weighted by Crippen LogP contribution is 2.30. The molecule has 1 aromatic heterocycles. The summed E-state index contributed by atoms with van der Waals surface area (Å²) in [6.07, 6.45) is 0.675. The fourth-order valence-corrected chi connectivity index (χ4v) is 3.29. The first-order chi connectivity index (χ1) is 10.2. The van der Waals surface area contributed by atoms with Crippen LogP contribution < -0.4 is 10.2 Å². The molecule has 0 radical (unpaired) electrons. The number of nitriles is 1. The van der Waals surface area contributed by atoms with E-state index in [1.165, 1.54) is 0 Å². The van der Waals surface area contributed by atoms with Crippen molar-refractivity contribution in [3.8, 4) is 6.07 Å². The van der Waals surface area contributed by atoms with E-state index < -0.39 is 0 Å². The lowest BCUT2D eigenvalue weighted by atomic mass is 10.2. The topological polar surface area (TPSA) is 69.0 Å². The highest BCUT2D eigenvalue weighted by Gasteiger charge is 2.33. The summed E-state index contributed by atoms with van der Waals surface area (Å²) < 4.78 is 3.93. The van der Waals surface area contributed by atoms with Crippen molar-refractivity contribution in [2.75, 3.05) is 16.8 Å². The number of carbonyl (C=O) groups excluding carboxylic acids is 1. The first kappa shape index (κ1) is 13.9. The average Bonchev–Trinajstić information content (AvgIpc) is 3.04. The normalized spacial score (nSPS) is 17.8. The molecule has 1 saturated heterocycles. The second kappa shape index (κ2) is 5.72. The summed E-state index contributed by atoms with van der Waals surface area (Å²) in [4.78, 5) is 14.2. The van der Waals surface area contributed by atoms with Gasteiger partial charge in [0.05, 0.1) is 0 Å². The number of anilines is 2. The van der Waals surface area contributed by atoms with Gasteiger partial charge in [0.1, 0.15) is 22.7 Å². The second-order valence-corrected chi connectivity index (χ2v) is 5.73. The number of hydrogen-bond acceptors (Lipinski definition) is 5. The Kier molecular flexibility index (Phi) is 3.78. The molecule has 2 heterocycles. The zero-order valence-electron chi connectivity index (χ0n) is 10.9. The predicted octanol–water partition coefficient (Wildman–Crippen LogP) is 2.89. The SMILES string of the molecule is N#Cc1c(Cl)nsc1NC1CCN(c2ccccc2)C1=O. The zero-order valence-corrected chi connectivity index (χ0v) is 12.5. The van der Waals surface area contributed by atoms with Gasteiger partial charge in [-0.1, -0.05) is 29.8 Å². The molecular formula is C14H11ClN4OS. The third-order valence-electron chi connectivity index (χ3n) is 3.34. The standard InChI is InChI=1S/C14H11ClN4OS/c15-12-10(8-16)13(21-18-12)17-11-6-7-19(14(11)20)9-4-2-1-3-5-9/h1-5,11,17H,6-7H2. The van der Waals surface area contributed by atoms with E-state index in [-0.39, 0.29) is 17.1 Å². The van der Waals surface area contributed by atoms with Crippen molar-refractivity contribution in [1.29, 1.82) is 5.26 Å². The smallest absolute Gasteiger partial charge is 0.249 e. The van der Waals surface area contributed by atoms with Gasteiger partial charge in [0.2, 0.25) is 5.91 Å². The largest absolute Gasteiger partial charge is 0.363 e.